The second kappa shape index (κ2) is 8.22. The van der Waals surface area contributed by atoms with Crippen molar-refractivity contribution in [1.82, 2.24) is 15.0 Å². The lowest BCUT2D eigenvalue weighted by atomic mass is 10.2. The van der Waals surface area contributed by atoms with Gasteiger partial charge in [-0.15, -0.1) is 0 Å². The minimum absolute atomic E-state index is 0.264. The van der Waals surface area contributed by atoms with Gasteiger partial charge in [0.15, 0.2) is 0 Å². The predicted octanol–water partition coefficient (Wildman–Crippen LogP) is 2.57. The summed E-state index contributed by atoms with van der Waals surface area (Å²) in [6, 6.07) is 6.67. The van der Waals surface area contributed by atoms with E-state index in [-0.39, 0.29) is 11.9 Å². The van der Waals surface area contributed by atoms with Gasteiger partial charge in [-0.25, -0.2) is 0 Å². The summed E-state index contributed by atoms with van der Waals surface area (Å²) >= 11 is 5.86. The molecule has 132 valence electrons. The number of amides is 1. The van der Waals surface area contributed by atoms with Crippen LogP contribution in [-0.2, 0) is 11.2 Å². The number of carbonyl (C=O) groups is 1. The van der Waals surface area contributed by atoms with Crippen LogP contribution in [0, 0.1) is 0 Å². The molecule has 0 aliphatic carbocycles. The summed E-state index contributed by atoms with van der Waals surface area (Å²) in [5, 5.41) is 3.33. The van der Waals surface area contributed by atoms with Gasteiger partial charge in [-0.05, 0) is 30.7 Å². The molecule has 0 bridgehead atoms. The van der Waals surface area contributed by atoms with Crippen molar-refractivity contribution in [2.24, 2.45) is 0 Å². The number of nitrogens with one attached hydrogen (secondary N) is 1. The van der Waals surface area contributed by atoms with Crippen LogP contribution in [0.5, 0.6) is 0 Å². The average molecular weight is 362 g/mol. The third-order valence-electron chi connectivity index (χ3n) is 3.77. The summed E-state index contributed by atoms with van der Waals surface area (Å²) in [7, 11) is 0. The number of rotatable bonds is 5. The molecule has 8 heteroatoms. The van der Waals surface area contributed by atoms with Gasteiger partial charge >= 0.3 is 0 Å². The summed E-state index contributed by atoms with van der Waals surface area (Å²) in [5.41, 5.74) is 0.495. The van der Waals surface area contributed by atoms with Gasteiger partial charge in [-0.2, -0.15) is 15.0 Å². The first-order chi connectivity index (χ1) is 12.2. The van der Waals surface area contributed by atoms with Crippen molar-refractivity contribution < 1.29 is 9.53 Å². The SMILES string of the molecule is CCCc1nc(NC(=O)c2ccc(Cl)cc2)nc(N2CCOCC2)n1. The molecule has 1 saturated heterocycles. The van der Waals surface area contributed by atoms with E-state index in [0.29, 0.717) is 35.6 Å². The lowest BCUT2D eigenvalue weighted by Gasteiger charge is -2.27. The average Bonchev–Trinajstić information content (AvgIpc) is 2.63. The first-order valence-corrected chi connectivity index (χ1v) is 8.68. The lowest BCUT2D eigenvalue weighted by Crippen LogP contribution is -2.37. The van der Waals surface area contributed by atoms with Gasteiger partial charge in [0.2, 0.25) is 11.9 Å². The van der Waals surface area contributed by atoms with E-state index in [9.17, 15) is 4.79 Å². The number of ether oxygens (including phenoxy) is 1. The number of hydrogen-bond acceptors (Lipinski definition) is 6. The maximum absolute atomic E-state index is 12.4. The zero-order valence-electron chi connectivity index (χ0n) is 14.0. The third-order valence-corrected chi connectivity index (χ3v) is 4.02. The number of carbonyl (C=O) groups excluding carboxylic acids is 1. The van der Waals surface area contributed by atoms with Crippen molar-refractivity contribution in [2.45, 2.75) is 19.8 Å². The summed E-state index contributed by atoms with van der Waals surface area (Å²) in [4.78, 5) is 27.7. The first-order valence-electron chi connectivity index (χ1n) is 8.30. The van der Waals surface area contributed by atoms with E-state index in [1.807, 2.05) is 4.90 Å². The highest BCUT2D eigenvalue weighted by Crippen LogP contribution is 2.15. The fourth-order valence-corrected chi connectivity index (χ4v) is 2.60. The topological polar surface area (TPSA) is 80.2 Å². The Hall–Kier alpha value is -2.25. The van der Waals surface area contributed by atoms with Crippen LogP contribution in [0.1, 0.15) is 29.5 Å². The molecule has 7 nitrogen and oxygen atoms in total. The molecular weight excluding hydrogens is 342 g/mol. The Balaban J connectivity index is 1.82. The van der Waals surface area contributed by atoms with Gasteiger partial charge in [0, 0.05) is 30.1 Å². The molecule has 0 atom stereocenters. The maximum atomic E-state index is 12.4. The maximum Gasteiger partial charge on any atom is 0.258 e. The summed E-state index contributed by atoms with van der Waals surface area (Å²) in [6.07, 6.45) is 1.64. The predicted molar refractivity (Wildman–Crippen MR) is 96.3 cm³/mol. The number of aryl methyl sites for hydroxylation is 1. The smallest absolute Gasteiger partial charge is 0.258 e. The fraction of sp³-hybridized carbons (Fsp3) is 0.412. The van der Waals surface area contributed by atoms with Crippen LogP contribution >= 0.6 is 11.6 Å². The van der Waals surface area contributed by atoms with E-state index in [1.165, 1.54) is 0 Å². The summed E-state index contributed by atoms with van der Waals surface area (Å²) in [5.74, 6) is 1.23. The highest BCUT2D eigenvalue weighted by Gasteiger charge is 2.17. The normalized spacial score (nSPS) is 14.4. The Morgan fingerprint density at radius 2 is 1.92 bits per heavy atom. The molecule has 0 saturated carbocycles. The Kier molecular flexibility index (Phi) is 5.78. The minimum atomic E-state index is -0.279. The van der Waals surface area contributed by atoms with E-state index < -0.39 is 0 Å². The molecule has 0 spiro atoms. The van der Waals surface area contributed by atoms with Crippen LogP contribution < -0.4 is 10.2 Å². The zero-order chi connectivity index (χ0) is 17.6. The molecule has 25 heavy (non-hydrogen) atoms. The largest absolute Gasteiger partial charge is 0.378 e. The standard InChI is InChI=1S/C17H20ClN5O2/c1-2-3-14-19-16(21-15(24)12-4-6-13(18)7-5-12)22-17(20-14)23-8-10-25-11-9-23/h4-7H,2-3,8-11H2,1H3,(H,19,20,21,22,24). The van der Waals surface area contributed by atoms with Gasteiger partial charge in [-0.3, -0.25) is 10.1 Å². The third kappa shape index (κ3) is 4.64. The molecule has 1 aliphatic heterocycles. The molecule has 2 aromatic rings. The number of morpholine rings is 1. The van der Waals surface area contributed by atoms with Crippen molar-refractivity contribution in [3.8, 4) is 0 Å². The molecule has 3 rings (SSSR count). The van der Waals surface area contributed by atoms with Gasteiger partial charge in [-0.1, -0.05) is 18.5 Å². The molecule has 1 aromatic heterocycles. The Morgan fingerprint density at radius 1 is 1.20 bits per heavy atom. The van der Waals surface area contributed by atoms with E-state index in [2.05, 4.69) is 27.2 Å². The van der Waals surface area contributed by atoms with E-state index in [4.69, 9.17) is 16.3 Å². The van der Waals surface area contributed by atoms with Gasteiger partial charge in [0.1, 0.15) is 5.82 Å². The minimum Gasteiger partial charge on any atom is -0.378 e. The monoisotopic (exact) mass is 361 g/mol. The molecule has 1 aromatic carbocycles. The highest BCUT2D eigenvalue weighted by atomic mass is 35.5. The highest BCUT2D eigenvalue weighted by molar-refractivity contribution is 6.30. The number of hydrogen-bond donors (Lipinski definition) is 1. The van der Waals surface area contributed by atoms with Crippen LogP contribution in [0.15, 0.2) is 24.3 Å². The molecule has 1 fully saturated rings. The molecule has 0 radical (unpaired) electrons. The Bertz CT molecular complexity index is 732. The zero-order valence-corrected chi connectivity index (χ0v) is 14.8. The van der Waals surface area contributed by atoms with Crippen LogP contribution in [0.25, 0.3) is 0 Å². The van der Waals surface area contributed by atoms with Crippen molar-refractivity contribution in [1.29, 1.82) is 0 Å². The van der Waals surface area contributed by atoms with Crippen molar-refractivity contribution in [3.05, 3.63) is 40.7 Å². The van der Waals surface area contributed by atoms with Crippen molar-refractivity contribution >= 4 is 29.4 Å². The Morgan fingerprint density at radius 3 is 2.60 bits per heavy atom. The first kappa shape index (κ1) is 17.6. The second-order valence-electron chi connectivity index (χ2n) is 5.69. The summed E-state index contributed by atoms with van der Waals surface area (Å²) in [6.45, 7) is 4.78. The lowest BCUT2D eigenvalue weighted by molar-refractivity contribution is 0.102. The van der Waals surface area contributed by atoms with Gasteiger partial charge < -0.3 is 9.64 Å². The molecule has 2 heterocycles. The van der Waals surface area contributed by atoms with E-state index in [0.717, 1.165) is 25.9 Å². The molecular formula is C17H20ClN5O2. The number of aromatic nitrogens is 3. The fourth-order valence-electron chi connectivity index (χ4n) is 2.48. The van der Waals surface area contributed by atoms with E-state index >= 15 is 0 Å². The van der Waals surface area contributed by atoms with Gasteiger partial charge in [0.25, 0.3) is 5.91 Å². The second-order valence-corrected chi connectivity index (χ2v) is 6.12. The molecule has 1 N–H and O–H groups in total. The van der Waals surface area contributed by atoms with Crippen molar-refractivity contribution in [2.75, 3.05) is 36.5 Å². The molecule has 1 aliphatic rings. The number of nitrogens with zero attached hydrogens (tertiary/aromatic N) is 4. The van der Waals surface area contributed by atoms with E-state index in [1.54, 1.807) is 24.3 Å². The summed E-state index contributed by atoms with van der Waals surface area (Å²) < 4.78 is 5.37. The van der Waals surface area contributed by atoms with Gasteiger partial charge in [0.05, 0.1) is 13.2 Å². The number of benzene rings is 1. The quantitative estimate of drug-likeness (QED) is 0.881. The molecule has 0 unspecified atom stereocenters. The van der Waals surface area contributed by atoms with Crippen LogP contribution in [-0.4, -0.2) is 47.2 Å². The number of anilines is 2. The van der Waals surface area contributed by atoms with Crippen LogP contribution in [0.2, 0.25) is 5.02 Å². The molecule has 1 amide bonds. The number of halogens is 1. The Labute approximate surface area is 151 Å². The van der Waals surface area contributed by atoms with Crippen molar-refractivity contribution in [3.63, 3.8) is 0 Å². The van der Waals surface area contributed by atoms with Crippen LogP contribution in [0.4, 0.5) is 11.9 Å². The van der Waals surface area contributed by atoms with Crippen LogP contribution in [0.3, 0.4) is 0 Å².